The third-order valence-corrected chi connectivity index (χ3v) is 2.70. The monoisotopic (exact) mass is 369 g/mol. The van der Waals surface area contributed by atoms with Gasteiger partial charge in [-0.1, -0.05) is 19.3 Å². The molecule has 1 saturated carbocycles. The van der Waals surface area contributed by atoms with Crippen LogP contribution in [0.3, 0.4) is 0 Å². The van der Waals surface area contributed by atoms with Crippen LogP contribution in [0, 0.1) is 5.92 Å². The summed E-state index contributed by atoms with van der Waals surface area (Å²) in [4.78, 5) is 28.3. The molecule has 6 nitrogen and oxygen atoms in total. The molecule has 0 radical (unpaired) electrons. The fraction of sp³-hybridized carbons (Fsp3) is 0.750. The fourth-order valence-corrected chi connectivity index (χ4v) is 1.68. The van der Waals surface area contributed by atoms with Crippen molar-refractivity contribution in [2.24, 2.45) is 11.7 Å². The highest BCUT2D eigenvalue weighted by Crippen LogP contribution is 2.25. The van der Waals surface area contributed by atoms with Gasteiger partial charge in [-0.3, -0.25) is 4.79 Å². The number of nitrogens with two attached hydrogens (primary N) is 1. The van der Waals surface area contributed by atoms with E-state index in [1.54, 1.807) is 0 Å². The predicted molar refractivity (Wildman–Crippen MR) is 67.8 cm³/mol. The topological polar surface area (TPSA) is 118 Å². The second-order valence-corrected chi connectivity index (χ2v) is 4.78. The fourth-order valence-electron chi connectivity index (χ4n) is 1.68. The first kappa shape index (κ1) is 24.2. The van der Waals surface area contributed by atoms with Gasteiger partial charge in [0.1, 0.15) is 0 Å². The number of hydrogen-bond donors (Lipinski definition) is 3. The Labute approximate surface area is 132 Å². The van der Waals surface area contributed by atoms with Gasteiger partial charge in [-0.25, -0.2) is 9.59 Å². The van der Waals surface area contributed by atoms with Gasteiger partial charge in [0.05, 0.1) is 0 Å². The number of primary amides is 1. The standard InChI is InChI=1S/C8H15NO.2C2HF3O2/c9-8(10)6-7-4-2-1-3-5-7;2*3-2(4,5)1(6)7/h7H,1-6H2,(H2,9,10);2*(H,6,7). The number of alkyl halides is 6. The minimum atomic E-state index is -5.08. The lowest BCUT2D eigenvalue weighted by atomic mass is 9.87. The second-order valence-electron chi connectivity index (χ2n) is 4.78. The molecule has 0 saturated heterocycles. The van der Waals surface area contributed by atoms with E-state index in [9.17, 15) is 31.1 Å². The molecule has 0 unspecified atom stereocenters. The van der Waals surface area contributed by atoms with Crippen LogP contribution in [0.25, 0.3) is 0 Å². The Hall–Kier alpha value is -2.01. The Morgan fingerprint density at radius 2 is 1.12 bits per heavy atom. The molecule has 0 bridgehead atoms. The maximum absolute atomic E-state index is 10.6. The van der Waals surface area contributed by atoms with Gasteiger partial charge in [-0.2, -0.15) is 26.3 Å². The van der Waals surface area contributed by atoms with Crippen molar-refractivity contribution < 1.29 is 50.9 Å². The van der Waals surface area contributed by atoms with Gasteiger partial charge >= 0.3 is 24.3 Å². The molecule has 4 N–H and O–H groups in total. The molecule has 12 heteroatoms. The summed E-state index contributed by atoms with van der Waals surface area (Å²) in [7, 11) is 0. The Kier molecular flexibility index (Phi) is 10.8. The highest BCUT2D eigenvalue weighted by molar-refractivity contribution is 5.74. The van der Waals surface area contributed by atoms with Gasteiger partial charge in [0, 0.05) is 6.42 Å². The number of rotatable bonds is 2. The first-order valence-electron chi connectivity index (χ1n) is 6.56. The first-order chi connectivity index (χ1) is 10.7. The number of carbonyl (C=O) groups excluding carboxylic acids is 1. The molecule has 0 atom stereocenters. The summed E-state index contributed by atoms with van der Waals surface area (Å²) in [6.45, 7) is 0. The summed E-state index contributed by atoms with van der Waals surface area (Å²) in [5.41, 5.74) is 5.08. The van der Waals surface area contributed by atoms with E-state index in [-0.39, 0.29) is 5.91 Å². The highest BCUT2D eigenvalue weighted by atomic mass is 19.4. The molecule has 1 amide bonds. The average molecular weight is 369 g/mol. The predicted octanol–water partition coefficient (Wildman–Crippen LogP) is 2.71. The summed E-state index contributed by atoms with van der Waals surface area (Å²) in [5, 5.41) is 14.2. The van der Waals surface area contributed by atoms with Crippen molar-refractivity contribution in [2.45, 2.75) is 50.9 Å². The van der Waals surface area contributed by atoms with Crippen LogP contribution in [0.2, 0.25) is 0 Å². The van der Waals surface area contributed by atoms with E-state index in [1.807, 2.05) is 0 Å². The van der Waals surface area contributed by atoms with E-state index in [1.165, 1.54) is 32.1 Å². The summed E-state index contributed by atoms with van der Waals surface area (Å²) >= 11 is 0. The van der Waals surface area contributed by atoms with Gasteiger partial charge < -0.3 is 15.9 Å². The van der Waals surface area contributed by atoms with Crippen LogP contribution in [0.15, 0.2) is 0 Å². The van der Waals surface area contributed by atoms with Gasteiger partial charge in [0.2, 0.25) is 5.91 Å². The summed E-state index contributed by atoms with van der Waals surface area (Å²) in [6.07, 6.45) is -3.21. The quantitative estimate of drug-likeness (QED) is 0.647. The molecular weight excluding hydrogens is 352 g/mol. The average Bonchev–Trinajstić information content (AvgIpc) is 2.38. The number of carbonyl (C=O) groups is 3. The smallest absolute Gasteiger partial charge is 0.475 e. The number of aliphatic carboxylic acids is 2. The van der Waals surface area contributed by atoms with Crippen molar-refractivity contribution in [3.8, 4) is 0 Å². The van der Waals surface area contributed by atoms with Crippen LogP contribution in [0.5, 0.6) is 0 Å². The van der Waals surface area contributed by atoms with E-state index in [0.29, 0.717) is 12.3 Å². The van der Waals surface area contributed by atoms with Crippen molar-refractivity contribution in [1.29, 1.82) is 0 Å². The lowest BCUT2D eigenvalue weighted by Crippen LogP contribution is -2.21. The molecule has 142 valence electrons. The molecule has 0 spiro atoms. The van der Waals surface area contributed by atoms with Crippen molar-refractivity contribution in [3.63, 3.8) is 0 Å². The zero-order valence-electron chi connectivity index (χ0n) is 12.3. The molecule has 0 aliphatic heterocycles. The van der Waals surface area contributed by atoms with Gasteiger partial charge in [0.25, 0.3) is 0 Å². The summed E-state index contributed by atoms with van der Waals surface area (Å²) in [6, 6.07) is 0. The SMILES string of the molecule is NC(=O)CC1CCCCC1.O=C(O)C(F)(F)F.O=C(O)C(F)(F)F. The lowest BCUT2D eigenvalue weighted by molar-refractivity contribution is -0.193. The number of carboxylic acids is 2. The van der Waals surface area contributed by atoms with E-state index in [0.717, 1.165) is 0 Å². The Bertz CT molecular complexity index is 391. The molecular formula is C12H17F6NO5. The van der Waals surface area contributed by atoms with Crippen LogP contribution < -0.4 is 5.73 Å². The molecule has 0 heterocycles. The molecule has 24 heavy (non-hydrogen) atoms. The van der Waals surface area contributed by atoms with Crippen LogP contribution in [0.4, 0.5) is 26.3 Å². The molecule has 1 rings (SSSR count). The Morgan fingerprint density at radius 3 is 1.33 bits per heavy atom. The maximum atomic E-state index is 10.6. The minimum Gasteiger partial charge on any atom is -0.475 e. The molecule has 1 aliphatic rings. The third kappa shape index (κ3) is 14.9. The molecule has 0 aromatic carbocycles. The Balaban J connectivity index is 0. The first-order valence-corrected chi connectivity index (χ1v) is 6.56. The second kappa shape index (κ2) is 10.7. The number of carboxylic acid groups (broad SMARTS) is 2. The molecule has 0 aromatic rings. The number of hydrogen-bond acceptors (Lipinski definition) is 3. The van der Waals surface area contributed by atoms with Gasteiger partial charge in [0.15, 0.2) is 0 Å². The van der Waals surface area contributed by atoms with E-state index < -0.39 is 24.3 Å². The highest BCUT2D eigenvalue weighted by Gasteiger charge is 2.38. The van der Waals surface area contributed by atoms with Crippen LogP contribution >= 0.6 is 0 Å². The van der Waals surface area contributed by atoms with Crippen molar-refractivity contribution in [3.05, 3.63) is 0 Å². The Morgan fingerprint density at radius 1 is 0.833 bits per heavy atom. The van der Waals surface area contributed by atoms with Crippen molar-refractivity contribution in [2.75, 3.05) is 0 Å². The summed E-state index contributed by atoms with van der Waals surface area (Å²) < 4.78 is 63.5. The maximum Gasteiger partial charge on any atom is 0.490 e. The number of halogens is 6. The molecule has 0 aromatic heterocycles. The zero-order chi connectivity index (χ0) is 19.6. The van der Waals surface area contributed by atoms with E-state index in [4.69, 9.17) is 25.5 Å². The van der Waals surface area contributed by atoms with Gasteiger partial charge in [-0.05, 0) is 18.8 Å². The summed E-state index contributed by atoms with van der Waals surface area (Å²) in [5.74, 6) is -5.04. The van der Waals surface area contributed by atoms with Crippen LogP contribution in [0.1, 0.15) is 38.5 Å². The van der Waals surface area contributed by atoms with Crippen molar-refractivity contribution >= 4 is 17.8 Å². The minimum absolute atomic E-state index is 0.132. The van der Waals surface area contributed by atoms with E-state index in [2.05, 4.69) is 0 Å². The molecule has 1 aliphatic carbocycles. The van der Waals surface area contributed by atoms with E-state index >= 15 is 0 Å². The zero-order valence-corrected chi connectivity index (χ0v) is 12.3. The molecule has 1 fully saturated rings. The normalized spacial score (nSPS) is 15.2. The number of amides is 1. The van der Waals surface area contributed by atoms with Crippen molar-refractivity contribution in [1.82, 2.24) is 0 Å². The van der Waals surface area contributed by atoms with Crippen LogP contribution in [-0.4, -0.2) is 40.4 Å². The largest absolute Gasteiger partial charge is 0.490 e. The third-order valence-electron chi connectivity index (χ3n) is 2.70. The lowest BCUT2D eigenvalue weighted by Gasteiger charge is -2.19. The van der Waals surface area contributed by atoms with Gasteiger partial charge in [-0.15, -0.1) is 0 Å². The van der Waals surface area contributed by atoms with Crippen LogP contribution in [-0.2, 0) is 14.4 Å².